The van der Waals surface area contributed by atoms with Crippen LogP contribution in [0, 0.1) is 11.7 Å². The highest BCUT2D eigenvalue weighted by molar-refractivity contribution is 5.97. The van der Waals surface area contributed by atoms with Crippen molar-refractivity contribution in [3.05, 3.63) is 29.6 Å². The lowest BCUT2D eigenvalue weighted by atomic mass is 10.0. The van der Waals surface area contributed by atoms with Crippen molar-refractivity contribution in [2.45, 2.75) is 19.9 Å². The molecule has 0 saturated carbocycles. The Kier molecular flexibility index (Phi) is 5.00. The van der Waals surface area contributed by atoms with E-state index in [0.717, 1.165) is 13.2 Å². The lowest BCUT2D eigenvalue weighted by Gasteiger charge is -2.15. The molecule has 3 N–H and O–H groups in total. The third-order valence-electron chi connectivity index (χ3n) is 2.66. The molecule has 0 spiro atoms. The summed E-state index contributed by atoms with van der Waals surface area (Å²) in [7, 11) is 1.15. The standard InChI is InChI=1S/C13H17FN2O3/c1-7(2)11(15)12(17)16-8-4-5-10(14)9(6-8)13(18)19-3/h4-7,11H,15H2,1-3H3,(H,16,17)/t11-/m1/s1. The Balaban J connectivity index is 2.91. The predicted molar refractivity (Wildman–Crippen MR) is 69.2 cm³/mol. The Bertz CT molecular complexity index is 489. The largest absolute Gasteiger partial charge is 0.465 e. The van der Waals surface area contributed by atoms with Crippen molar-refractivity contribution in [2.75, 3.05) is 12.4 Å². The minimum atomic E-state index is -0.804. The van der Waals surface area contributed by atoms with Gasteiger partial charge in [0.25, 0.3) is 0 Å². The van der Waals surface area contributed by atoms with Crippen molar-refractivity contribution in [1.29, 1.82) is 0 Å². The molecular weight excluding hydrogens is 251 g/mol. The van der Waals surface area contributed by atoms with E-state index in [1.165, 1.54) is 12.1 Å². The van der Waals surface area contributed by atoms with E-state index in [1.807, 2.05) is 13.8 Å². The average molecular weight is 268 g/mol. The molecule has 5 nitrogen and oxygen atoms in total. The highest BCUT2D eigenvalue weighted by Crippen LogP contribution is 2.16. The number of ether oxygens (including phenoxy) is 1. The van der Waals surface area contributed by atoms with E-state index in [2.05, 4.69) is 10.1 Å². The molecule has 6 heteroatoms. The first kappa shape index (κ1) is 15.1. The average Bonchev–Trinajstić information content (AvgIpc) is 2.38. The Hall–Kier alpha value is -1.95. The molecule has 0 bridgehead atoms. The summed E-state index contributed by atoms with van der Waals surface area (Å²) in [5, 5.41) is 2.53. The minimum Gasteiger partial charge on any atom is -0.465 e. The smallest absolute Gasteiger partial charge is 0.340 e. The molecule has 0 aromatic heterocycles. The number of amides is 1. The molecule has 0 heterocycles. The van der Waals surface area contributed by atoms with Crippen molar-refractivity contribution < 1.29 is 18.7 Å². The maximum atomic E-state index is 13.4. The first-order chi connectivity index (χ1) is 8.86. The quantitative estimate of drug-likeness (QED) is 0.811. The minimum absolute atomic E-state index is 0.0273. The van der Waals surface area contributed by atoms with Crippen LogP contribution in [0.1, 0.15) is 24.2 Å². The van der Waals surface area contributed by atoms with Gasteiger partial charge < -0.3 is 15.8 Å². The molecule has 19 heavy (non-hydrogen) atoms. The normalized spacial score (nSPS) is 12.1. The number of methoxy groups -OCH3 is 1. The second-order valence-electron chi connectivity index (χ2n) is 4.45. The number of benzene rings is 1. The van der Waals surface area contributed by atoms with Gasteiger partial charge in [-0.15, -0.1) is 0 Å². The molecular formula is C13H17FN2O3. The van der Waals surface area contributed by atoms with Gasteiger partial charge >= 0.3 is 5.97 Å². The van der Waals surface area contributed by atoms with Crippen LogP contribution in [-0.2, 0) is 9.53 Å². The fourth-order valence-electron chi connectivity index (χ4n) is 1.40. The van der Waals surface area contributed by atoms with Crippen molar-refractivity contribution in [2.24, 2.45) is 11.7 Å². The van der Waals surface area contributed by atoms with Crippen LogP contribution >= 0.6 is 0 Å². The molecule has 0 aliphatic carbocycles. The Morgan fingerprint density at radius 2 is 2.00 bits per heavy atom. The second kappa shape index (κ2) is 6.29. The van der Waals surface area contributed by atoms with E-state index in [4.69, 9.17) is 5.73 Å². The number of carbonyl (C=O) groups excluding carboxylic acids is 2. The SMILES string of the molecule is COC(=O)c1cc(NC(=O)[C@H](N)C(C)C)ccc1F. The summed E-state index contributed by atoms with van der Waals surface area (Å²) in [5.74, 6) is -1.93. The number of rotatable bonds is 4. The van der Waals surface area contributed by atoms with Crippen LogP contribution in [0.5, 0.6) is 0 Å². The van der Waals surface area contributed by atoms with Crippen LogP contribution in [0.4, 0.5) is 10.1 Å². The van der Waals surface area contributed by atoms with Crippen LogP contribution < -0.4 is 11.1 Å². The number of nitrogens with one attached hydrogen (secondary N) is 1. The first-order valence-electron chi connectivity index (χ1n) is 5.81. The van der Waals surface area contributed by atoms with Crippen molar-refractivity contribution in [3.8, 4) is 0 Å². The molecule has 1 atom stereocenters. The molecule has 0 fully saturated rings. The Morgan fingerprint density at radius 3 is 2.53 bits per heavy atom. The molecule has 0 aliphatic rings. The van der Waals surface area contributed by atoms with Crippen LogP contribution in [0.25, 0.3) is 0 Å². The number of anilines is 1. The van der Waals surface area contributed by atoms with Gasteiger partial charge in [-0.2, -0.15) is 0 Å². The second-order valence-corrected chi connectivity index (χ2v) is 4.45. The molecule has 0 saturated heterocycles. The van der Waals surface area contributed by atoms with Gasteiger partial charge in [0.15, 0.2) is 0 Å². The molecule has 104 valence electrons. The summed E-state index contributed by atoms with van der Waals surface area (Å²) in [5.41, 5.74) is 5.74. The van der Waals surface area contributed by atoms with E-state index >= 15 is 0 Å². The van der Waals surface area contributed by atoms with E-state index in [9.17, 15) is 14.0 Å². The van der Waals surface area contributed by atoms with Gasteiger partial charge in [-0.3, -0.25) is 4.79 Å². The maximum absolute atomic E-state index is 13.4. The summed E-state index contributed by atoms with van der Waals surface area (Å²) in [4.78, 5) is 23.1. The zero-order chi connectivity index (χ0) is 14.6. The number of carbonyl (C=O) groups is 2. The van der Waals surface area contributed by atoms with Gasteiger partial charge in [-0.1, -0.05) is 13.8 Å². The van der Waals surface area contributed by atoms with E-state index in [1.54, 1.807) is 0 Å². The third kappa shape index (κ3) is 3.75. The predicted octanol–water partition coefficient (Wildman–Crippen LogP) is 1.53. The van der Waals surface area contributed by atoms with E-state index in [0.29, 0.717) is 5.69 Å². The highest BCUT2D eigenvalue weighted by atomic mass is 19.1. The first-order valence-corrected chi connectivity index (χ1v) is 5.81. The fraction of sp³-hybridized carbons (Fsp3) is 0.385. The van der Waals surface area contributed by atoms with Crippen molar-refractivity contribution in [3.63, 3.8) is 0 Å². The molecule has 1 rings (SSSR count). The van der Waals surface area contributed by atoms with Gasteiger partial charge in [0.05, 0.1) is 18.7 Å². The Morgan fingerprint density at radius 1 is 1.37 bits per heavy atom. The molecule has 0 unspecified atom stereocenters. The zero-order valence-electron chi connectivity index (χ0n) is 11.1. The molecule has 0 aliphatic heterocycles. The number of nitrogens with two attached hydrogens (primary N) is 1. The van der Waals surface area contributed by atoms with Crippen LogP contribution in [-0.4, -0.2) is 25.0 Å². The fourth-order valence-corrected chi connectivity index (χ4v) is 1.40. The van der Waals surface area contributed by atoms with Crippen LogP contribution in [0.15, 0.2) is 18.2 Å². The molecule has 0 radical (unpaired) electrons. The lowest BCUT2D eigenvalue weighted by molar-refractivity contribution is -0.118. The number of halogens is 1. The van der Waals surface area contributed by atoms with Crippen molar-refractivity contribution >= 4 is 17.6 Å². The topological polar surface area (TPSA) is 81.4 Å². The third-order valence-corrected chi connectivity index (χ3v) is 2.66. The van der Waals surface area contributed by atoms with Crippen LogP contribution in [0.2, 0.25) is 0 Å². The molecule has 1 aromatic carbocycles. The lowest BCUT2D eigenvalue weighted by Crippen LogP contribution is -2.39. The Labute approximate surface area is 110 Å². The molecule has 1 amide bonds. The van der Waals surface area contributed by atoms with Gasteiger partial charge in [-0.25, -0.2) is 9.18 Å². The summed E-state index contributed by atoms with van der Waals surface area (Å²) < 4.78 is 17.8. The van der Waals surface area contributed by atoms with Gasteiger partial charge in [0.1, 0.15) is 5.82 Å². The summed E-state index contributed by atoms with van der Waals surface area (Å²) in [6.07, 6.45) is 0. The maximum Gasteiger partial charge on any atom is 0.340 e. The van der Waals surface area contributed by atoms with Crippen molar-refractivity contribution in [1.82, 2.24) is 0 Å². The van der Waals surface area contributed by atoms with E-state index in [-0.39, 0.29) is 11.5 Å². The van der Waals surface area contributed by atoms with Gasteiger partial charge in [0.2, 0.25) is 5.91 Å². The number of hydrogen-bond donors (Lipinski definition) is 2. The molecule has 1 aromatic rings. The number of esters is 1. The highest BCUT2D eigenvalue weighted by Gasteiger charge is 2.18. The van der Waals surface area contributed by atoms with Crippen LogP contribution in [0.3, 0.4) is 0 Å². The zero-order valence-corrected chi connectivity index (χ0v) is 11.1. The monoisotopic (exact) mass is 268 g/mol. The van der Waals surface area contributed by atoms with Gasteiger partial charge in [0, 0.05) is 5.69 Å². The summed E-state index contributed by atoms with van der Waals surface area (Å²) >= 11 is 0. The summed E-state index contributed by atoms with van der Waals surface area (Å²) in [6, 6.07) is 2.98. The van der Waals surface area contributed by atoms with E-state index < -0.39 is 23.7 Å². The number of hydrogen-bond acceptors (Lipinski definition) is 4. The summed E-state index contributed by atoms with van der Waals surface area (Å²) in [6.45, 7) is 3.63. The van der Waals surface area contributed by atoms with Gasteiger partial charge in [-0.05, 0) is 24.1 Å².